The Kier molecular flexibility index (Phi) is 2.09. The molecule has 1 rings (SSSR count). The maximum absolute atomic E-state index is 11.3. The first-order valence-corrected chi connectivity index (χ1v) is 3.91. The summed E-state index contributed by atoms with van der Waals surface area (Å²) in [5, 5.41) is 3.08. The lowest BCUT2D eigenvalue weighted by Crippen LogP contribution is -2.49. The van der Waals surface area contributed by atoms with Crippen molar-refractivity contribution in [2.75, 3.05) is 7.05 Å². The Hall–Kier alpha value is -0.370. The first kappa shape index (κ1) is 7.73. The van der Waals surface area contributed by atoms with Gasteiger partial charge in [0, 0.05) is 6.42 Å². The number of rotatable bonds is 1. The zero-order chi connectivity index (χ0) is 7.61. The summed E-state index contributed by atoms with van der Waals surface area (Å²) in [5.74, 6) is 0.376. The van der Waals surface area contributed by atoms with Crippen LogP contribution in [0.3, 0.4) is 0 Å². The number of carbonyl (C=O) groups excluding carboxylic acids is 1. The number of Topliss-reactive ketones (excluding diaryl/α,β-unsaturated/α-hetero) is 1. The molecule has 0 aliphatic heterocycles. The maximum atomic E-state index is 11.3. The van der Waals surface area contributed by atoms with Crippen LogP contribution in [0.4, 0.5) is 0 Å². The molecule has 0 radical (unpaired) electrons. The van der Waals surface area contributed by atoms with Crippen molar-refractivity contribution in [3.05, 3.63) is 0 Å². The van der Waals surface area contributed by atoms with E-state index in [-0.39, 0.29) is 5.54 Å². The van der Waals surface area contributed by atoms with Crippen LogP contribution in [0.25, 0.3) is 0 Å². The second-order valence-corrected chi connectivity index (χ2v) is 3.21. The molecule has 1 atom stereocenters. The summed E-state index contributed by atoms with van der Waals surface area (Å²) in [4.78, 5) is 11.3. The van der Waals surface area contributed by atoms with Gasteiger partial charge in [-0.1, -0.05) is 6.42 Å². The summed E-state index contributed by atoms with van der Waals surface area (Å²) in [6.45, 7) is 1.99. The van der Waals surface area contributed by atoms with Gasteiger partial charge >= 0.3 is 0 Å². The summed E-state index contributed by atoms with van der Waals surface area (Å²) in [6, 6.07) is 0. The molecule has 58 valence electrons. The highest BCUT2D eigenvalue weighted by atomic mass is 16.1. The molecular weight excluding hydrogens is 126 g/mol. The minimum Gasteiger partial charge on any atom is -0.308 e. The number of hydrogen-bond acceptors (Lipinski definition) is 2. The van der Waals surface area contributed by atoms with Crippen molar-refractivity contribution < 1.29 is 4.79 Å². The lowest BCUT2D eigenvalue weighted by Gasteiger charge is -2.31. The second-order valence-electron chi connectivity index (χ2n) is 3.21. The average molecular weight is 141 g/mol. The molecule has 1 fully saturated rings. The normalized spacial score (nSPS) is 34.4. The Labute approximate surface area is 62.0 Å². The molecule has 0 saturated heterocycles. The molecule has 0 aromatic carbocycles. The molecule has 0 aromatic rings. The fourth-order valence-corrected chi connectivity index (χ4v) is 1.44. The highest BCUT2D eigenvalue weighted by Crippen LogP contribution is 2.23. The van der Waals surface area contributed by atoms with E-state index in [1.54, 1.807) is 0 Å². The molecule has 1 aliphatic rings. The highest BCUT2D eigenvalue weighted by Gasteiger charge is 2.32. The number of nitrogens with one attached hydrogen (secondary N) is 1. The van der Waals surface area contributed by atoms with Crippen molar-refractivity contribution >= 4 is 5.78 Å². The largest absolute Gasteiger partial charge is 0.308 e. The first-order chi connectivity index (χ1) is 4.69. The van der Waals surface area contributed by atoms with E-state index < -0.39 is 0 Å². The van der Waals surface area contributed by atoms with Crippen molar-refractivity contribution in [3.63, 3.8) is 0 Å². The third kappa shape index (κ3) is 1.21. The third-order valence-corrected chi connectivity index (χ3v) is 2.50. The van der Waals surface area contributed by atoms with Gasteiger partial charge in [-0.25, -0.2) is 0 Å². The maximum Gasteiger partial charge on any atom is 0.152 e. The molecule has 1 N–H and O–H groups in total. The number of ketones is 1. The van der Waals surface area contributed by atoms with Gasteiger partial charge < -0.3 is 5.32 Å². The molecule has 2 heteroatoms. The van der Waals surface area contributed by atoms with Crippen LogP contribution in [0.1, 0.15) is 32.6 Å². The minimum atomic E-state index is -0.210. The summed E-state index contributed by atoms with van der Waals surface area (Å²) in [6.07, 6.45) is 4.03. The summed E-state index contributed by atoms with van der Waals surface area (Å²) >= 11 is 0. The van der Waals surface area contributed by atoms with Gasteiger partial charge in [-0.2, -0.15) is 0 Å². The molecule has 1 saturated carbocycles. The monoisotopic (exact) mass is 141 g/mol. The number of hydrogen-bond donors (Lipinski definition) is 1. The van der Waals surface area contributed by atoms with Crippen LogP contribution in [0.5, 0.6) is 0 Å². The van der Waals surface area contributed by atoms with Crippen LogP contribution >= 0.6 is 0 Å². The highest BCUT2D eigenvalue weighted by molar-refractivity contribution is 5.88. The van der Waals surface area contributed by atoms with Gasteiger partial charge in [0.15, 0.2) is 5.78 Å². The topological polar surface area (TPSA) is 29.1 Å². The Balaban J connectivity index is 2.63. The third-order valence-electron chi connectivity index (χ3n) is 2.50. The quantitative estimate of drug-likeness (QED) is 0.592. The second kappa shape index (κ2) is 2.70. The molecule has 1 aliphatic carbocycles. The SMILES string of the molecule is CNC1(C)CCCCC1=O. The fraction of sp³-hybridized carbons (Fsp3) is 0.875. The lowest BCUT2D eigenvalue weighted by atomic mass is 9.82. The Morgan fingerprint density at radius 2 is 2.20 bits per heavy atom. The van der Waals surface area contributed by atoms with E-state index in [0.29, 0.717) is 5.78 Å². The molecule has 0 heterocycles. The van der Waals surface area contributed by atoms with Gasteiger partial charge in [0.1, 0.15) is 0 Å². The number of likely N-dealkylation sites (N-methyl/N-ethyl adjacent to an activating group) is 1. The Morgan fingerprint density at radius 1 is 1.50 bits per heavy atom. The molecule has 0 aromatic heterocycles. The smallest absolute Gasteiger partial charge is 0.152 e. The molecule has 10 heavy (non-hydrogen) atoms. The fourth-order valence-electron chi connectivity index (χ4n) is 1.44. The molecule has 0 bridgehead atoms. The molecule has 1 unspecified atom stereocenters. The van der Waals surface area contributed by atoms with E-state index in [1.165, 1.54) is 6.42 Å². The molecule has 0 amide bonds. The number of carbonyl (C=O) groups is 1. The Morgan fingerprint density at radius 3 is 2.60 bits per heavy atom. The predicted molar refractivity (Wildman–Crippen MR) is 40.9 cm³/mol. The van der Waals surface area contributed by atoms with Gasteiger partial charge in [0.25, 0.3) is 0 Å². The van der Waals surface area contributed by atoms with E-state index in [4.69, 9.17) is 0 Å². The van der Waals surface area contributed by atoms with Gasteiger partial charge in [-0.05, 0) is 26.8 Å². The van der Waals surface area contributed by atoms with Crippen LogP contribution < -0.4 is 5.32 Å². The summed E-state index contributed by atoms with van der Waals surface area (Å²) in [7, 11) is 1.86. The summed E-state index contributed by atoms with van der Waals surface area (Å²) in [5.41, 5.74) is -0.210. The van der Waals surface area contributed by atoms with Crippen molar-refractivity contribution in [2.45, 2.75) is 38.1 Å². The molecule has 2 nitrogen and oxygen atoms in total. The van der Waals surface area contributed by atoms with Gasteiger partial charge in [0.05, 0.1) is 5.54 Å². The van der Waals surface area contributed by atoms with Crippen molar-refractivity contribution in [1.29, 1.82) is 0 Å². The van der Waals surface area contributed by atoms with E-state index >= 15 is 0 Å². The zero-order valence-corrected chi connectivity index (χ0v) is 6.74. The van der Waals surface area contributed by atoms with Crippen molar-refractivity contribution in [1.82, 2.24) is 5.32 Å². The molecule has 0 spiro atoms. The van der Waals surface area contributed by atoms with Crippen molar-refractivity contribution in [3.8, 4) is 0 Å². The van der Waals surface area contributed by atoms with Crippen LogP contribution in [-0.4, -0.2) is 18.4 Å². The van der Waals surface area contributed by atoms with Crippen LogP contribution in [0.15, 0.2) is 0 Å². The van der Waals surface area contributed by atoms with Crippen molar-refractivity contribution in [2.24, 2.45) is 0 Å². The zero-order valence-electron chi connectivity index (χ0n) is 6.74. The molecular formula is C8H15NO. The predicted octanol–water partition coefficient (Wildman–Crippen LogP) is 1.11. The van der Waals surface area contributed by atoms with E-state index in [0.717, 1.165) is 19.3 Å². The Bertz CT molecular complexity index is 144. The van der Waals surface area contributed by atoms with Gasteiger partial charge in [-0.15, -0.1) is 0 Å². The average Bonchev–Trinajstić information content (AvgIpc) is 1.96. The first-order valence-electron chi connectivity index (χ1n) is 3.91. The van der Waals surface area contributed by atoms with E-state index in [2.05, 4.69) is 5.32 Å². The van der Waals surface area contributed by atoms with Crippen LogP contribution in [-0.2, 0) is 4.79 Å². The van der Waals surface area contributed by atoms with E-state index in [9.17, 15) is 4.79 Å². The van der Waals surface area contributed by atoms with Crippen LogP contribution in [0, 0.1) is 0 Å². The summed E-state index contributed by atoms with van der Waals surface area (Å²) < 4.78 is 0. The van der Waals surface area contributed by atoms with Gasteiger partial charge in [-0.3, -0.25) is 4.79 Å². The minimum absolute atomic E-state index is 0.210. The van der Waals surface area contributed by atoms with Crippen LogP contribution in [0.2, 0.25) is 0 Å². The standard InChI is InChI=1S/C8H15NO/c1-8(9-2)6-4-3-5-7(8)10/h9H,3-6H2,1-2H3. The lowest BCUT2D eigenvalue weighted by molar-refractivity contribution is -0.126. The van der Waals surface area contributed by atoms with E-state index in [1.807, 2.05) is 14.0 Å². The van der Waals surface area contributed by atoms with Gasteiger partial charge in [0.2, 0.25) is 0 Å².